The van der Waals surface area contributed by atoms with Gasteiger partial charge in [-0.3, -0.25) is 0 Å². The van der Waals surface area contributed by atoms with E-state index in [0.717, 1.165) is 88.0 Å². The molecule has 0 spiro atoms. The summed E-state index contributed by atoms with van der Waals surface area (Å²) in [7, 11) is 0. The van der Waals surface area contributed by atoms with Gasteiger partial charge in [0, 0.05) is 88.0 Å². The van der Waals surface area contributed by atoms with Crippen LogP contribution in [0.25, 0.3) is 32.3 Å². The van der Waals surface area contributed by atoms with Crippen molar-refractivity contribution in [1.82, 2.24) is 0 Å². The molecule has 0 amide bonds. The number of rotatable bonds is 0. The smallest absolute Gasteiger partial charge is 0.0491 e. The van der Waals surface area contributed by atoms with Crippen molar-refractivity contribution in [2.24, 2.45) is 0 Å². The van der Waals surface area contributed by atoms with Gasteiger partial charge in [0.15, 0.2) is 0 Å². The topological polar surface area (TPSA) is 0 Å². The SMILES string of the molecule is CC(C)(C)c1ccc(C#Cc2cc3c(C#Cc4ccc(C(C)(C)C)cc4)c(C#Cc4ccc(C(C)(C)C)cc4)c4cc(C(C)(C)C)cc5c(C#Cc6ccc(C(C)(C)C)cc6)c(C#Cc6ccc(C(C)(C)C)cc6)c(c2)c3c45)cc1. The lowest BCUT2D eigenvalue weighted by molar-refractivity contribution is 0.590. The summed E-state index contributed by atoms with van der Waals surface area (Å²) in [6, 6.07) is 52.8. The molecule has 0 radical (unpaired) electrons. The van der Waals surface area contributed by atoms with Crippen LogP contribution in [0.2, 0.25) is 0 Å². The fraction of sp³-hybridized carbons (Fsp3) is 0.300. The molecular formula is C80H78. The van der Waals surface area contributed by atoms with E-state index < -0.39 is 0 Å². The predicted octanol–water partition coefficient (Wildman–Crippen LogP) is 19.4. The second-order valence-electron chi connectivity index (χ2n) is 28.0. The van der Waals surface area contributed by atoms with E-state index in [4.69, 9.17) is 0 Å². The van der Waals surface area contributed by atoms with Crippen molar-refractivity contribution in [3.8, 4) is 59.2 Å². The quantitative estimate of drug-likeness (QED) is 0.105. The average molecular weight is 1040 g/mol. The zero-order valence-electron chi connectivity index (χ0n) is 50.9. The third-order valence-electron chi connectivity index (χ3n) is 15.4. The number of hydrogen-bond acceptors (Lipinski definition) is 0. The molecule has 398 valence electrons. The summed E-state index contributed by atoms with van der Waals surface area (Å²) in [4.78, 5) is 0. The van der Waals surface area contributed by atoms with Gasteiger partial charge >= 0.3 is 0 Å². The molecule has 9 aromatic carbocycles. The largest absolute Gasteiger partial charge is 0.0617 e. The van der Waals surface area contributed by atoms with Gasteiger partial charge in [0.05, 0.1) is 0 Å². The Hall–Kier alpha value is -8.18. The Kier molecular flexibility index (Phi) is 14.9. The molecule has 80 heavy (non-hydrogen) atoms. The monoisotopic (exact) mass is 1040 g/mol. The highest BCUT2D eigenvalue weighted by atomic mass is 14.3. The summed E-state index contributed by atoms with van der Waals surface area (Å²) in [5, 5.41) is 6.23. The van der Waals surface area contributed by atoms with Gasteiger partial charge in [0.25, 0.3) is 0 Å². The number of benzene rings is 9. The van der Waals surface area contributed by atoms with Crippen LogP contribution in [0.5, 0.6) is 0 Å². The third-order valence-corrected chi connectivity index (χ3v) is 15.4. The lowest BCUT2D eigenvalue weighted by Gasteiger charge is -2.24. The van der Waals surface area contributed by atoms with Crippen molar-refractivity contribution >= 4 is 32.3 Å². The van der Waals surface area contributed by atoms with E-state index in [1.807, 2.05) is 0 Å². The molecule has 0 saturated heterocycles. The lowest BCUT2D eigenvalue weighted by Crippen LogP contribution is -2.12. The van der Waals surface area contributed by atoms with E-state index in [2.05, 4.69) is 329 Å². The highest BCUT2D eigenvalue weighted by Crippen LogP contribution is 2.45. The summed E-state index contributed by atoms with van der Waals surface area (Å²) in [6.45, 7) is 40.6. The molecule has 0 aliphatic heterocycles. The van der Waals surface area contributed by atoms with Crippen LogP contribution < -0.4 is 0 Å². The molecule has 0 N–H and O–H groups in total. The minimum Gasteiger partial charge on any atom is -0.0617 e. The van der Waals surface area contributed by atoms with Crippen molar-refractivity contribution in [3.05, 3.63) is 235 Å². The summed E-state index contributed by atoms with van der Waals surface area (Å²) in [5.74, 6) is 37.2. The van der Waals surface area contributed by atoms with Crippen molar-refractivity contribution in [2.75, 3.05) is 0 Å². The van der Waals surface area contributed by atoms with Crippen LogP contribution in [0.15, 0.2) is 146 Å². The second-order valence-corrected chi connectivity index (χ2v) is 28.0. The molecule has 0 unspecified atom stereocenters. The molecule has 0 nitrogen and oxygen atoms in total. The van der Waals surface area contributed by atoms with Gasteiger partial charge < -0.3 is 0 Å². The Morgan fingerprint density at radius 2 is 0.362 bits per heavy atom. The number of hydrogen-bond donors (Lipinski definition) is 0. The van der Waals surface area contributed by atoms with Gasteiger partial charge in [0.2, 0.25) is 0 Å². The Bertz CT molecular complexity index is 3920. The molecule has 0 atom stereocenters. The molecule has 0 saturated carbocycles. The van der Waals surface area contributed by atoms with Gasteiger partial charge in [-0.25, -0.2) is 0 Å². The first kappa shape index (κ1) is 56.5. The van der Waals surface area contributed by atoms with E-state index in [-0.39, 0.29) is 32.5 Å². The Labute approximate surface area is 480 Å². The first-order valence-corrected chi connectivity index (χ1v) is 28.4. The molecular weight excluding hydrogens is 961 g/mol. The average Bonchev–Trinajstić information content (AvgIpc) is 3.45. The summed E-state index contributed by atoms with van der Waals surface area (Å²) >= 11 is 0. The maximum absolute atomic E-state index is 3.83. The van der Waals surface area contributed by atoms with Crippen LogP contribution in [-0.2, 0) is 32.5 Å². The Balaban J connectivity index is 1.46. The van der Waals surface area contributed by atoms with E-state index in [1.54, 1.807) is 0 Å². The van der Waals surface area contributed by atoms with Crippen LogP contribution in [0.3, 0.4) is 0 Å². The van der Waals surface area contributed by atoms with E-state index in [9.17, 15) is 0 Å². The van der Waals surface area contributed by atoms with Crippen molar-refractivity contribution in [3.63, 3.8) is 0 Å². The van der Waals surface area contributed by atoms with Crippen LogP contribution in [0, 0.1) is 59.2 Å². The zero-order valence-corrected chi connectivity index (χ0v) is 50.9. The normalized spacial score (nSPS) is 12.1. The van der Waals surface area contributed by atoms with E-state index >= 15 is 0 Å². The van der Waals surface area contributed by atoms with Gasteiger partial charge in [-0.1, -0.05) is 244 Å². The minimum atomic E-state index is -0.236. The lowest BCUT2D eigenvalue weighted by atomic mass is 9.78. The molecule has 0 aliphatic rings. The molecule has 0 heteroatoms. The standard InChI is InChI=1S/C80H78/c1-75(2,3)59-35-21-53(22-36-59)19-20-58-49-69-65(45-31-54-23-37-60(38-24-54)76(4,5)6)67(47-33-56-27-41-62(42-28-56)78(10,11)12)71-51-64(80(16,17)18)52-72-68(48-34-57-29-43-63(44-30-57)79(13,14)15)66(70(50-58)73(69)74(71)72)46-32-55-25-39-61(40-26-55)77(7,8)9/h21-30,35-44,49-52H,1-18H3. The molecule has 0 fully saturated rings. The summed E-state index contributed by atoms with van der Waals surface area (Å²) in [6.07, 6.45) is 0. The molecule has 0 aromatic heterocycles. The van der Waals surface area contributed by atoms with Crippen molar-refractivity contribution < 1.29 is 0 Å². The van der Waals surface area contributed by atoms with E-state index in [1.165, 1.54) is 33.4 Å². The third kappa shape index (κ3) is 12.5. The highest BCUT2D eigenvalue weighted by Gasteiger charge is 2.26. The maximum Gasteiger partial charge on any atom is 0.0491 e. The Morgan fingerprint density at radius 3 is 0.562 bits per heavy atom. The van der Waals surface area contributed by atoms with Crippen LogP contribution in [0.4, 0.5) is 0 Å². The molecule has 9 aromatic rings. The van der Waals surface area contributed by atoms with Crippen LogP contribution in [-0.4, -0.2) is 0 Å². The van der Waals surface area contributed by atoms with E-state index in [0.29, 0.717) is 0 Å². The summed E-state index contributed by atoms with van der Waals surface area (Å²) in [5.41, 5.74) is 16.4. The zero-order chi connectivity index (χ0) is 57.7. The second kappa shape index (κ2) is 21.1. The first-order valence-electron chi connectivity index (χ1n) is 28.4. The van der Waals surface area contributed by atoms with Crippen molar-refractivity contribution in [2.45, 2.75) is 157 Å². The summed E-state index contributed by atoms with van der Waals surface area (Å²) < 4.78 is 0. The molecule has 9 rings (SSSR count). The van der Waals surface area contributed by atoms with Gasteiger partial charge in [0.1, 0.15) is 0 Å². The van der Waals surface area contributed by atoms with Gasteiger partial charge in [-0.05, 0) is 151 Å². The first-order chi connectivity index (χ1) is 37.4. The highest BCUT2D eigenvalue weighted by molar-refractivity contribution is 6.29. The van der Waals surface area contributed by atoms with Gasteiger partial charge in [-0.2, -0.15) is 0 Å². The minimum absolute atomic E-state index is 0.0111. The van der Waals surface area contributed by atoms with Gasteiger partial charge in [-0.15, -0.1) is 0 Å². The molecule has 0 bridgehead atoms. The van der Waals surface area contributed by atoms with Crippen molar-refractivity contribution in [1.29, 1.82) is 0 Å². The molecule has 0 heterocycles. The Morgan fingerprint density at radius 1 is 0.188 bits per heavy atom. The van der Waals surface area contributed by atoms with Crippen LogP contribution in [0.1, 0.15) is 214 Å². The predicted molar refractivity (Wildman–Crippen MR) is 344 cm³/mol. The maximum atomic E-state index is 3.83. The van der Waals surface area contributed by atoms with Crippen LogP contribution >= 0.6 is 0 Å². The fourth-order valence-corrected chi connectivity index (χ4v) is 10.1. The molecule has 0 aliphatic carbocycles. The fourth-order valence-electron chi connectivity index (χ4n) is 10.1.